The van der Waals surface area contributed by atoms with E-state index in [0.717, 1.165) is 16.8 Å². The third-order valence-electron chi connectivity index (χ3n) is 3.56. The summed E-state index contributed by atoms with van der Waals surface area (Å²) < 4.78 is 0. The second-order valence-corrected chi connectivity index (χ2v) is 5.13. The van der Waals surface area contributed by atoms with Crippen LogP contribution in [0.5, 0.6) is 0 Å². The molecule has 0 aliphatic carbocycles. The van der Waals surface area contributed by atoms with Crippen LogP contribution in [-0.2, 0) is 10.2 Å². The van der Waals surface area contributed by atoms with Crippen LogP contribution in [0.15, 0.2) is 18.2 Å². The van der Waals surface area contributed by atoms with E-state index in [-0.39, 0.29) is 5.91 Å². The zero-order valence-electron chi connectivity index (χ0n) is 10.8. The summed E-state index contributed by atoms with van der Waals surface area (Å²) in [5.74, 6) is 0.137. The normalized spacial score (nSPS) is 19.4. The van der Waals surface area contributed by atoms with Crippen LogP contribution < -0.4 is 4.90 Å². The highest BCUT2D eigenvalue weighted by Gasteiger charge is 2.43. The van der Waals surface area contributed by atoms with Crippen molar-refractivity contribution < 1.29 is 9.90 Å². The molecule has 1 heterocycles. The van der Waals surface area contributed by atoms with Gasteiger partial charge in [-0.25, -0.2) is 0 Å². The summed E-state index contributed by atoms with van der Waals surface area (Å²) in [5, 5.41) is 9.61. The molecule has 0 saturated heterocycles. The second-order valence-electron chi connectivity index (χ2n) is 5.13. The molecule has 1 aliphatic heterocycles. The average Bonchev–Trinajstić information content (AvgIpc) is 2.47. The first kappa shape index (κ1) is 12.1. The molecular formula is C14H19NO2. The zero-order valence-corrected chi connectivity index (χ0v) is 10.8. The third kappa shape index (κ3) is 1.65. The Morgan fingerprint density at radius 1 is 1.41 bits per heavy atom. The molecule has 3 nitrogen and oxygen atoms in total. The topological polar surface area (TPSA) is 40.5 Å². The monoisotopic (exact) mass is 233 g/mol. The Labute approximate surface area is 102 Å². The van der Waals surface area contributed by atoms with Crippen molar-refractivity contribution in [3.63, 3.8) is 0 Å². The molecule has 0 bridgehead atoms. The molecule has 2 rings (SSSR count). The molecular weight excluding hydrogens is 214 g/mol. The molecule has 1 amide bonds. The Balaban J connectivity index is 2.59. The Morgan fingerprint density at radius 3 is 2.59 bits per heavy atom. The Morgan fingerprint density at radius 2 is 2.06 bits per heavy atom. The minimum absolute atomic E-state index is 0.137. The van der Waals surface area contributed by atoms with E-state index in [4.69, 9.17) is 0 Å². The minimum Gasteiger partial charge on any atom is -0.389 e. The number of likely N-dealkylation sites (N-methyl/N-ethyl adjacent to an activating group) is 1. The van der Waals surface area contributed by atoms with Gasteiger partial charge >= 0.3 is 0 Å². The van der Waals surface area contributed by atoms with Crippen LogP contribution in [-0.4, -0.2) is 17.6 Å². The van der Waals surface area contributed by atoms with Crippen LogP contribution in [0.25, 0.3) is 0 Å². The third-order valence-corrected chi connectivity index (χ3v) is 3.56. The number of aliphatic hydroxyl groups is 1. The maximum absolute atomic E-state index is 12.3. The van der Waals surface area contributed by atoms with E-state index in [0.29, 0.717) is 6.54 Å². The fourth-order valence-electron chi connectivity index (χ4n) is 2.44. The van der Waals surface area contributed by atoms with Crippen molar-refractivity contribution in [1.82, 2.24) is 0 Å². The maximum atomic E-state index is 12.3. The highest BCUT2D eigenvalue weighted by Crippen LogP contribution is 2.42. The van der Waals surface area contributed by atoms with Gasteiger partial charge in [0, 0.05) is 12.2 Å². The van der Waals surface area contributed by atoms with Crippen LogP contribution in [0.3, 0.4) is 0 Å². The molecule has 1 N–H and O–H groups in total. The summed E-state index contributed by atoms with van der Waals surface area (Å²) in [6, 6.07) is 5.79. The summed E-state index contributed by atoms with van der Waals surface area (Å²) in [7, 11) is 0. The van der Waals surface area contributed by atoms with E-state index < -0.39 is 11.5 Å². The van der Waals surface area contributed by atoms with Crippen molar-refractivity contribution in [2.24, 2.45) is 0 Å². The molecule has 1 atom stereocenters. The van der Waals surface area contributed by atoms with Crippen molar-refractivity contribution in [3.8, 4) is 0 Å². The number of fused-ring (bicyclic) bond motifs is 1. The van der Waals surface area contributed by atoms with Crippen LogP contribution in [0.1, 0.15) is 44.9 Å². The summed E-state index contributed by atoms with van der Waals surface area (Å²) in [4.78, 5) is 14.1. The van der Waals surface area contributed by atoms with Gasteiger partial charge in [-0.3, -0.25) is 4.79 Å². The van der Waals surface area contributed by atoms with Crippen molar-refractivity contribution >= 4 is 11.6 Å². The Kier molecular flexibility index (Phi) is 2.74. The molecule has 3 heteroatoms. The zero-order chi connectivity index (χ0) is 12.8. The number of carbonyl (C=O) groups is 1. The summed E-state index contributed by atoms with van der Waals surface area (Å²) in [6.45, 7) is 8.27. The van der Waals surface area contributed by atoms with E-state index in [2.05, 4.69) is 0 Å². The lowest BCUT2D eigenvalue weighted by Crippen LogP contribution is -2.35. The number of aliphatic hydroxyl groups excluding tert-OH is 1. The summed E-state index contributed by atoms with van der Waals surface area (Å²) in [5.41, 5.74) is 2.39. The van der Waals surface area contributed by atoms with Gasteiger partial charge in [0.25, 0.3) is 0 Å². The van der Waals surface area contributed by atoms with Crippen LogP contribution in [0, 0.1) is 0 Å². The van der Waals surface area contributed by atoms with Gasteiger partial charge in [0.05, 0.1) is 11.5 Å². The first-order valence-corrected chi connectivity index (χ1v) is 6.04. The van der Waals surface area contributed by atoms with Crippen LogP contribution in [0.2, 0.25) is 0 Å². The number of anilines is 1. The molecule has 0 aromatic heterocycles. The van der Waals surface area contributed by atoms with Crippen molar-refractivity contribution in [2.45, 2.75) is 39.2 Å². The Hall–Kier alpha value is -1.35. The predicted octanol–water partition coefficient (Wildman–Crippen LogP) is 2.38. The first-order valence-electron chi connectivity index (χ1n) is 6.04. The number of benzene rings is 1. The lowest BCUT2D eigenvalue weighted by molar-refractivity contribution is -0.122. The van der Waals surface area contributed by atoms with Gasteiger partial charge in [0.1, 0.15) is 0 Å². The van der Waals surface area contributed by atoms with Crippen LogP contribution >= 0.6 is 0 Å². The minimum atomic E-state index is -0.502. The molecule has 0 radical (unpaired) electrons. The van der Waals surface area contributed by atoms with Crippen molar-refractivity contribution in [2.75, 3.05) is 11.4 Å². The van der Waals surface area contributed by atoms with Crippen molar-refractivity contribution in [3.05, 3.63) is 29.3 Å². The SMILES string of the molecule is CCN1C(=O)C(C)(C)c2ccc(C(C)O)cc21. The van der Waals surface area contributed by atoms with Gasteiger partial charge in [-0.1, -0.05) is 12.1 Å². The highest BCUT2D eigenvalue weighted by atomic mass is 16.3. The van der Waals surface area contributed by atoms with E-state index in [1.807, 2.05) is 39.0 Å². The fraction of sp³-hybridized carbons (Fsp3) is 0.500. The number of hydrogen-bond acceptors (Lipinski definition) is 2. The number of hydrogen-bond donors (Lipinski definition) is 1. The number of nitrogens with zero attached hydrogens (tertiary/aromatic N) is 1. The summed E-state index contributed by atoms with van der Waals surface area (Å²) in [6.07, 6.45) is -0.502. The van der Waals surface area contributed by atoms with Gasteiger partial charge in [-0.2, -0.15) is 0 Å². The summed E-state index contributed by atoms with van der Waals surface area (Å²) >= 11 is 0. The largest absolute Gasteiger partial charge is 0.389 e. The molecule has 1 aliphatic rings. The molecule has 1 aromatic carbocycles. The van der Waals surface area contributed by atoms with Gasteiger partial charge in [0.2, 0.25) is 5.91 Å². The van der Waals surface area contributed by atoms with Gasteiger partial charge in [-0.15, -0.1) is 0 Å². The second kappa shape index (κ2) is 3.84. The van der Waals surface area contributed by atoms with E-state index in [9.17, 15) is 9.90 Å². The van der Waals surface area contributed by atoms with Gasteiger partial charge in [0.15, 0.2) is 0 Å². The van der Waals surface area contributed by atoms with Gasteiger partial charge in [-0.05, 0) is 44.9 Å². The van der Waals surface area contributed by atoms with E-state index in [1.165, 1.54) is 0 Å². The van der Waals surface area contributed by atoms with E-state index in [1.54, 1.807) is 11.8 Å². The lowest BCUT2D eigenvalue weighted by atomic mass is 9.85. The number of amides is 1. The van der Waals surface area contributed by atoms with Crippen LogP contribution in [0.4, 0.5) is 5.69 Å². The highest BCUT2D eigenvalue weighted by molar-refractivity contribution is 6.07. The molecule has 0 fully saturated rings. The Bertz CT molecular complexity index is 463. The molecule has 1 unspecified atom stereocenters. The lowest BCUT2D eigenvalue weighted by Gasteiger charge is -2.18. The number of rotatable bonds is 2. The fourth-order valence-corrected chi connectivity index (χ4v) is 2.44. The van der Waals surface area contributed by atoms with Crippen molar-refractivity contribution in [1.29, 1.82) is 0 Å². The smallest absolute Gasteiger partial charge is 0.237 e. The molecule has 0 saturated carbocycles. The first-order chi connectivity index (χ1) is 7.89. The average molecular weight is 233 g/mol. The molecule has 0 spiro atoms. The number of carbonyl (C=O) groups excluding carboxylic acids is 1. The maximum Gasteiger partial charge on any atom is 0.237 e. The molecule has 1 aromatic rings. The van der Waals surface area contributed by atoms with E-state index >= 15 is 0 Å². The van der Waals surface area contributed by atoms with Gasteiger partial charge < -0.3 is 10.0 Å². The standard InChI is InChI=1S/C14H19NO2/c1-5-15-12-8-10(9(2)16)6-7-11(12)14(3,4)13(15)17/h6-9,16H,5H2,1-4H3. The molecule has 17 heavy (non-hydrogen) atoms. The molecule has 92 valence electrons. The quantitative estimate of drug-likeness (QED) is 0.852. The predicted molar refractivity (Wildman–Crippen MR) is 68.1 cm³/mol.